The molecule has 0 N–H and O–H groups in total. The molecule has 0 bridgehead atoms. The smallest absolute Gasteiger partial charge is 0.276 e. The van der Waals surface area contributed by atoms with Crippen LogP contribution in [0.5, 0.6) is 0 Å². The number of piperidine rings is 1. The predicted octanol–water partition coefficient (Wildman–Crippen LogP) is 1.71. The number of carbonyl (C=O) groups excluding carboxylic acids is 1. The highest BCUT2D eigenvalue weighted by Crippen LogP contribution is 2.32. The molecule has 2 aromatic rings. The molecule has 0 aliphatic carbocycles. The molecule has 1 fully saturated rings. The van der Waals surface area contributed by atoms with Crippen molar-refractivity contribution < 1.29 is 18.6 Å². The fourth-order valence-electron chi connectivity index (χ4n) is 2.91. The molecule has 2 aromatic heterocycles. The highest BCUT2D eigenvalue weighted by molar-refractivity contribution is 5.92. The van der Waals surface area contributed by atoms with Crippen LogP contribution in [0.1, 0.15) is 47.7 Å². The number of likely N-dealkylation sites (tertiary alicyclic amines) is 1. The summed E-state index contributed by atoms with van der Waals surface area (Å²) in [6.07, 6.45) is 1.76. The lowest BCUT2D eigenvalue weighted by Crippen LogP contribution is -2.47. The second-order valence-electron chi connectivity index (χ2n) is 6.16. The maximum Gasteiger partial charge on any atom is 0.276 e. The Kier molecular flexibility index (Phi) is 4.16. The Labute approximate surface area is 133 Å². The van der Waals surface area contributed by atoms with Crippen molar-refractivity contribution in [2.45, 2.75) is 38.7 Å². The van der Waals surface area contributed by atoms with Crippen molar-refractivity contribution in [2.24, 2.45) is 0 Å². The zero-order valence-corrected chi connectivity index (χ0v) is 13.5. The summed E-state index contributed by atoms with van der Waals surface area (Å²) >= 11 is 0. The van der Waals surface area contributed by atoms with Crippen LogP contribution in [0.25, 0.3) is 0 Å². The molecule has 23 heavy (non-hydrogen) atoms. The third kappa shape index (κ3) is 3.12. The van der Waals surface area contributed by atoms with Crippen molar-refractivity contribution in [3.63, 3.8) is 0 Å². The van der Waals surface area contributed by atoms with Gasteiger partial charge in [-0.3, -0.25) is 4.79 Å². The van der Waals surface area contributed by atoms with Crippen molar-refractivity contribution in [1.29, 1.82) is 0 Å². The largest absolute Gasteiger partial charge is 0.375 e. The Morgan fingerprint density at radius 3 is 2.96 bits per heavy atom. The van der Waals surface area contributed by atoms with Crippen LogP contribution in [0, 0.1) is 6.92 Å². The van der Waals surface area contributed by atoms with Crippen LogP contribution in [0.2, 0.25) is 0 Å². The van der Waals surface area contributed by atoms with E-state index in [-0.39, 0.29) is 17.9 Å². The summed E-state index contributed by atoms with van der Waals surface area (Å²) in [6.45, 7) is 5.29. The molecule has 3 heterocycles. The first kappa shape index (κ1) is 15.7. The Morgan fingerprint density at radius 1 is 1.43 bits per heavy atom. The van der Waals surface area contributed by atoms with Gasteiger partial charge in [-0.25, -0.2) is 0 Å². The van der Waals surface area contributed by atoms with E-state index in [9.17, 15) is 4.79 Å². The van der Waals surface area contributed by atoms with E-state index >= 15 is 0 Å². The lowest BCUT2D eigenvalue weighted by molar-refractivity contribution is 0.0631. The van der Waals surface area contributed by atoms with Gasteiger partial charge in [0.05, 0.1) is 0 Å². The number of methoxy groups -OCH3 is 1. The number of carbonyl (C=O) groups is 1. The predicted molar refractivity (Wildman–Crippen MR) is 78.7 cm³/mol. The van der Waals surface area contributed by atoms with Gasteiger partial charge in [0.15, 0.2) is 11.5 Å². The average molecular weight is 320 g/mol. The summed E-state index contributed by atoms with van der Waals surface area (Å²) in [6, 6.07) is 1.65. The second kappa shape index (κ2) is 6.11. The molecule has 0 saturated carbocycles. The number of aryl methyl sites for hydroxylation is 1. The lowest BCUT2D eigenvalue weighted by atomic mass is 9.81. The summed E-state index contributed by atoms with van der Waals surface area (Å²) in [7, 11) is 1.58. The van der Waals surface area contributed by atoms with Crippen LogP contribution in [-0.2, 0) is 16.8 Å². The van der Waals surface area contributed by atoms with Gasteiger partial charge < -0.3 is 18.7 Å². The van der Waals surface area contributed by atoms with E-state index in [0.29, 0.717) is 36.3 Å². The number of ether oxygens (including phenoxy) is 1. The minimum atomic E-state index is -0.345. The molecule has 0 radical (unpaired) electrons. The average Bonchev–Trinajstić information content (AvgIpc) is 3.16. The van der Waals surface area contributed by atoms with Gasteiger partial charge in [-0.05, 0) is 19.8 Å². The summed E-state index contributed by atoms with van der Waals surface area (Å²) in [5.41, 5.74) is -0.0118. The van der Waals surface area contributed by atoms with Crippen molar-refractivity contribution >= 4 is 5.91 Å². The van der Waals surface area contributed by atoms with Crippen molar-refractivity contribution in [2.75, 3.05) is 20.2 Å². The van der Waals surface area contributed by atoms with Gasteiger partial charge in [0.2, 0.25) is 0 Å². The number of rotatable bonds is 4. The van der Waals surface area contributed by atoms with E-state index in [1.165, 1.54) is 0 Å². The molecule has 1 unspecified atom stereocenters. The molecule has 0 spiro atoms. The van der Waals surface area contributed by atoms with Crippen molar-refractivity contribution in [1.82, 2.24) is 20.2 Å². The first-order valence-corrected chi connectivity index (χ1v) is 7.56. The number of amides is 1. The SMILES string of the molecule is COCc1nc(C2(C)CCCN(C(=O)c3cc(C)on3)C2)no1. The van der Waals surface area contributed by atoms with E-state index in [0.717, 1.165) is 12.8 Å². The molecule has 0 aromatic carbocycles. The number of hydrogen-bond acceptors (Lipinski definition) is 7. The topological polar surface area (TPSA) is 94.5 Å². The summed E-state index contributed by atoms with van der Waals surface area (Å²) in [5, 5.41) is 7.87. The minimum Gasteiger partial charge on any atom is -0.375 e. The van der Waals surface area contributed by atoms with Crippen molar-refractivity contribution in [3.05, 3.63) is 29.2 Å². The zero-order chi connectivity index (χ0) is 16.4. The maximum atomic E-state index is 12.6. The normalized spacial score (nSPS) is 21.6. The van der Waals surface area contributed by atoms with Crippen LogP contribution >= 0.6 is 0 Å². The molecule has 8 nitrogen and oxygen atoms in total. The Bertz CT molecular complexity index is 695. The fourth-order valence-corrected chi connectivity index (χ4v) is 2.91. The first-order valence-electron chi connectivity index (χ1n) is 7.56. The highest BCUT2D eigenvalue weighted by atomic mass is 16.5. The monoisotopic (exact) mass is 320 g/mol. The van der Waals surface area contributed by atoms with Gasteiger partial charge in [-0.1, -0.05) is 17.2 Å². The summed E-state index contributed by atoms with van der Waals surface area (Å²) in [5.74, 6) is 1.54. The molecular weight excluding hydrogens is 300 g/mol. The zero-order valence-electron chi connectivity index (χ0n) is 13.5. The van der Waals surface area contributed by atoms with Crippen LogP contribution in [0.4, 0.5) is 0 Å². The van der Waals surface area contributed by atoms with Gasteiger partial charge in [0, 0.05) is 31.7 Å². The number of nitrogens with zero attached hydrogens (tertiary/aromatic N) is 4. The van der Waals surface area contributed by atoms with Crippen LogP contribution in [0.3, 0.4) is 0 Å². The lowest BCUT2D eigenvalue weighted by Gasteiger charge is -2.38. The minimum absolute atomic E-state index is 0.131. The molecule has 1 aliphatic rings. The molecule has 1 atom stereocenters. The maximum absolute atomic E-state index is 12.6. The quantitative estimate of drug-likeness (QED) is 0.846. The standard InChI is InChI=1S/C15H20N4O4/c1-10-7-11(17-22-10)13(20)19-6-4-5-15(2,9-19)14-16-12(8-21-3)23-18-14/h7H,4-6,8-9H2,1-3H3. The molecule has 8 heteroatoms. The van der Waals surface area contributed by atoms with Gasteiger partial charge in [-0.15, -0.1) is 0 Å². The van der Waals surface area contributed by atoms with Gasteiger partial charge in [0.25, 0.3) is 11.8 Å². The van der Waals surface area contributed by atoms with E-state index in [2.05, 4.69) is 15.3 Å². The van der Waals surface area contributed by atoms with Crippen LogP contribution < -0.4 is 0 Å². The van der Waals surface area contributed by atoms with Gasteiger partial charge in [0.1, 0.15) is 12.4 Å². The fraction of sp³-hybridized carbons (Fsp3) is 0.600. The van der Waals surface area contributed by atoms with E-state index in [1.54, 1.807) is 25.0 Å². The molecule has 1 aliphatic heterocycles. The molecule has 3 rings (SSSR count). The Hall–Kier alpha value is -2.22. The van der Waals surface area contributed by atoms with Gasteiger partial charge >= 0.3 is 0 Å². The van der Waals surface area contributed by atoms with E-state index in [1.807, 2.05) is 6.92 Å². The summed E-state index contributed by atoms with van der Waals surface area (Å²) < 4.78 is 15.2. The van der Waals surface area contributed by atoms with E-state index in [4.69, 9.17) is 13.8 Å². The molecular formula is C15H20N4O4. The highest BCUT2D eigenvalue weighted by Gasteiger charge is 2.39. The molecule has 1 saturated heterocycles. The van der Waals surface area contributed by atoms with Crippen LogP contribution in [0.15, 0.2) is 15.1 Å². The van der Waals surface area contributed by atoms with Gasteiger partial charge in [-0.2, -0.15) is 4.98 Å². The third-order valence-corrected chi connectivity index (χ3v) is 4.11. The molecule has 1 amide bonds. The van der Waals surface area contributed by atoms with E-state index < -0.39 is 0 Å². The molecule has 124 valence electrons. The Morgan fingerprint density at radius 2 is 2.26 bits per heavy atom. The number of aromatic nitrogens is 3. The van der Waals surface area contributed by atoms with Crippen molar-refractivity contribution in [3.8, 4) is 0 Å². The Balaban J connectivity index is 1.77. The second-order valence-corrected chi connectivity index (χ2v) is 6.16. The first-order chi connectivity index (χ1) is 11.0. The number of hydrogen-bond donors (Lipinski definition) is 0. The third-order valence-electron chi connectivity index (χ3n) is 4.11. The summed E-state index contributed by atoms with van der Waals surface area (Å²) in [4.78, 5) is 18.7. The van der Waals surface area contributed by atoms with Crippen LogP contribution in [-0.4, -0.2) is 46.3 Å².